The predicted octanol–water partition coefficient (Wildman–Crippen LogP) is 3.84. The Labute approximate surface area is 144 Å². The summed E-state index contributed by atoms with van der Waals surface area (Å²) in [4.78, 5) is 6.63. The Hall–Kier alpha value is -0.640. The van der Waals surface area contributed by atoms with E-state index in [4.69, 9.17) is 11.6 Å². The van der Waals surface area contributed by atoms with Crippen molar-refractivity contribution >= 4 is 11.6 Å². The predicted molar refractivity (Wildman–Crippen MR) is 92.4 cm³/mol. The summed E-state index contributed by atoms with van der Waals surface area (Å²) in [6.45, 7) is 3.16. The average molecular weight is 335 g/mol. The highest BCUT2D eigenvalue weighted by molar-refractivity contribution is 6.29. The molecule has 1 heterocycles. The van der Waals surface area contributed by atoms with E-state index in [1.807, 2.05) is 12.1 Å². The maximum Gasteiger partial charge on any atom is 0.129 e. The van der Waals surface area contributed by atoms with Crippen LogP contribution in [-0.2, 0) is 5.60 Å². The van der Waals surface area contributed by atoms with Crippen molar-refractivity contribution in [3.8, 4) is 0 Å². The lowest BCUT2D eigenvalue weighted by Gasteiger charge is -2.66. The van der Waals surface area contributed by atoms with Gasteiger partial charge in [-0.25, -0.2) is 4.98 Å². The zero-order valence-corrected chi connectivity index (χ0v) is 14.9. The van der Waals surface area contributed by atoms with E-state index >= 15 is 0 Å². The second kappa shape index (κ2) is 5.44. The first-order chi connectivity index (χ1) is 10.9. The van der Waals surface area contributed by atoms with Crippen molar-refractivity contribution < 1.29 is 5.11 Å². The van der Waals surface area contributed by atoms with Crippen molar-refractivity contribution in [1.29, 1.82) is 0 Å². The van der Waals surface area contributed by atoms with Crippen molar-refractivity contribution in [3.05, 3.63) is 29.0 Å². The van der Waals surface area contributed by atoms with Crippen molar-refractivity contribution in [2.45, 2.75) is 56.6 Å². The van der Waals surface area contributed by atoms with E-state index < -0.39 is 5.60 Å². The van der Waals surface area contributed by atoms with Gasteiger partial charge in [0.1, 0.15) is 5.15 Å². The summed E-state index contributed by atoms with van der Waals surface area (Å²) < 4.78 is 0. The van der Waals surface area contributed by atoms with Crippen LogP contribution in [-0.4, -0.2) is 34.1 Å². The van der Waals surface area contributed by atoms with Crippen LogP contribution in [0.5, 0.6) is 0 Å². The fraction of sp³-hybridized carbons (Fsp3) is 0.737. The van der Waals surface area contributed by atoms with Crippen LogP contribution >= 0.6 is 11.6 Å². The molecule has 4 heteroatoms. The van der Waals surface area contributed by atoms with Crippen LogP contribution in [0, 0.1) is 17.8 Å². The summed E-state index contributed by atoms with van der Waals surface area (Å²) in [7, 11) is 2.26. The molecule has 126 valence electrons. The van der Waals surface area contributed by atoms with E-state index in [9.17, 15) is 5.11 Å². The molecule has 4 aliphatic carbocycles. The number of halogens is 1. The van der Waals surface area contributed by atoms with E-state index in [0.717, 1.165) is 30.9 Å². The third kappa shape index (κ3) is 2.35. The molecule has 4 aliphatic rings. The molecule has 5 rings (SSSR count). The molecule has 0 aliphatic heterocycles. The molecule has 0 spiro atoms. The molecule has 1 aromatic heterocycles. The van der Waals surface area contributed by atoms with Crippen LogP contribution < -0.4 is 0 Å². The minimum Gasteiger partial charge on any atom is -0.385 e. The molecule has 0 radical (unpaired) electrons. The van der Waals surface area contributed by atoms with Gasteiger partial charge in [0.2, 0.25) is 0 Å². The Morgan fingerprint density at radius 3 is 2.70 bits per heavy atom. The maximum atomic E-state index is 11.7. The van der Waals surface area contributed by atoms with Gasteiger partial charge >= 0.3 is 0 Å². The van der Waals surface area contributed by atoms with Gasteiger partial charge in [-0.2, -0.15) is 0 Å². The highest BCUT2D eigenvalue weighted by atomic mass is 35.5. The Morgan fingerprint density at radius 2 is 2.09 bits per heavy atom. The monoisotopic (exact) mass is 334 g/mol. The topological polar surface area (TPSA) is 36.4 Å². The lowest BCUT2D eigenvalue weighted by molar-refractivity contribution is -0.162. The molecule has 4 fully saturated rings. The second-order valence-corrected chi connectivity index (χ2v) is 8.69. The van der Waals surface area contributed by atoms with Gasteiger partial charge < -0.3 is 10.0 Å². The Bertz CT molecular complexity index is 590. The van der Waals surface area contributed by atoms with Crippen LogP contribution in [0.3, 0.4) is 0 Å². The lowest BCUT2D eigenvalue weighted by atomic mass is 9.49. The molecule has 2 bridgehead atoms. The fourth-order valence-electron chi connectivity index (χ4n) is 5.34. The van der Waals surface area contributed by atoms with Crippen LogP contribution in [0.15, 0.2) is 18.3 Å². The van der Waals surface area contributed by atoms with Crippen molar-refractivity contribution in [3.63, 3.8) is 0 Å². The van der Waals surface area contributed by atoms with E-state index in [0.29, 0.717) is 10.7 Å². The van der Waals surface area contributed by atoms with Crippen molar-refractivity contribution in [2.75, 3.05) is 13.6 Å². The first kappa shape index (κ1) is 15.9. The first-order valence-corrected chi connectivity index (χ1v) is 9.37. The Morgan fingerprint density at radius 1 is 1.35 bits per heavy atom. The number of aliphatic hydroxyl groups is 1. The number of pyridine rings is 1. The van der Waals surface area contributed by atoms with E-state index in [-0.39, 0.29) is 11.8 Å². The second-order valence-electron chi connectivity index (χ2n) is 8.30. The molecule has 3 atom stereocenters. The van der Waals surface area contributed by atoms with Crippen LogP contribution in [0.4, 0.5) is 0 Å². The van der Waals surface area contributed by atoms with E-state index in [1.165, 1.54) is 25.7 Å². The molecule has 0 amide bonds. The molecule has 23 heavy (non-hydrogen) atoms. The molecule has 4 saturated carbocycles. The van der Waals surface area contributed by atoms with Gasteiger partial charge in [-0.05, 0) is 68.7 Å². The summed E-state index contributed by atoms with van der Waals surface area (Å²) in [5, 5.41) is 12.2. The normalized spacial score (nSPS) is 42.2. The zero-order valence-electron chi connectivity index (χ0n) is 14.1. The van der Waals surface area contributed by atoms with Gasteiger partial charge in [0, 0.05) is 24.2 Å². The minimum atomic E-state index is -0.789. The van der Waals surface area contributed by atoms with Gasteiger partial charge in [-0.3, -0.25) is 0 Å². The summed E-state index contributed by atoms with van der Waals surface area (Å²) in [6, 6.07) is 3.80. The SMILES string of the molecule is CC1CCCC(CN(C)C23CC(C2)C3)C1(O)c1ccnc(Cl)c1. The molecule has 3 unspecified atom stereocenters. The molecule has 1 aromatic rings. The quantitative estimate of drug-likeness (QED) is 0.850. The molecule has 0 aromatic carbocycles. The van der Waals surface area contributed by atoms with E-state index in [1.54, 1.807) is 6.20 Å². The number of hydrogen-bond donors (Lipinski definition) is 1. The number of hydrogen-bond acceptors (Lipinski definition) is 3. The molecular formula is C19H27ClN2O. The standard InChI is InChI=1S/C19H27ClN2O/c1-13-4-3-5-16(12-22(2)18-9-14(10-18)11-18)19(13,23)15-6-7-21-17(20)8-15/h6-8,13-14,16,23H,3-5,9-12H2,1-2H3. The lowest BCUT2D eigenvalue weighted by Crippen LogP contribution is -2.68. The first-order valence-electron chi connectivity index (χ1n) is 9.00. The van der Waals surface area contributed by atoms with E-state index in [2.05, 4.69) is 23.9 Å². The van der Waals surface area contributed by atoms with Crippen LogP contribution in [0.2, 0.25) is 5.15 Å². The van der Waals surface area contributed by atoms with Crippen molar-refractivity contribution in [1.82, 2.24) is 9.88 Å². The number of aromatic nitrogens is 1. The fourth-order valence-corrected chi connectivity index (χ4v) is 5.51. The van der Waals surface area contributed by atoms with Gasteiger partial charge in [-0.1, -0.05) is 24.9 Å². The third-order valence-electron chi connectivity index (χ3n) is 7.06. The highest BCUT2D eigenvalue weighted by Gasteiger charge is 2.59. The zero-order chi connectivity index (χ0) is 16.2. The van der Waals surface area contributed by atoms with Crippen molar-refractivity contribution in [2.24, 2.45) is 17.8 Å². The van der Waals surface area contributed by atoms with Gasteiger partial charge in [0.15, 0.2) is 0 Å². The van der Waals surface area contributed by atoms with Gasteiger partial charge in [-0.15, -0.1) is 0 Å². The number of rotatable bonds is 4. The summed E-state index contributed by atoms with van der Waals surface area (Å²) >= 11 is 6.11. The largest absolute Gasteiger partial charge is 0.385 e. The smallest absolute Gasteiger partial charge is 0.129 e. The van der Waals surface area contributed by atoms with Crippen LogP contribution in [0.1, 0.15) is 51.0 Å². The molecule has 0 saturated heterocycles. The minimum absolute atomic E-state index is 0.251. The van der Waals surface area contributed by atoms with Gasteiger partial charge in [0.25, 0.3) is 0 Å². The Kier molecular flexibility index (Phi) is 3.75. The van der Waals surface area contributed by atoms with Gasteiger partial charge in [0.05, 0.1) is 5.60 Å². The summed E-state index contributed by atoms with van der Waals surface area (Å²) in [5.41, 5.74) is 0.616. The Balaban J connectivity index is 1.60. The average Bonchev–Trinajstić information content (AvgIpc) is 2.40. The molecular weight excluding hydrogens is 308 g/mol. The maximum absolute atomic E-state index is 11.7. The molecule has 1 N–H and O–H groups in total. The summed E-state index contributed by atoms with van der Waals surface area (Å²) in [6.07, 6.45) is 9.19. The highest BCUT2D eigenvalue weighted by Crippen LogP contribution is 2.60. The third-order valence-corrected chi connectivity index (χ3v) is 7.27. The number of nitrogens with zero attached hydrogens (tertiary/aromatic N) is 2. The summed E-state index contributed by atoms with van der Waals surface area (Å²) in [5.74, 6) is 1.51. The molecule has 3 nitrogen and oxygen atoms in total. The van der Waals surface area contributed by atoms with Crippen LogP contribution in [0.25, 0.3) is 0 Å².